The number of para-hydroxylation sites is 1. The van der Waals surface area contributed by atoms with E-state index in [0.29, 0.717) is 6.54 Å². The lowest BCUT2D eigenvalue weighted by Crippen LogP contribution is -2.36. The molecule has 0 radical (unpaired) electrons. The van der Waals surface area contributed by atoms with Crippen LogP contribution in [0.2, 0.25) is 0 Å². The van der Waals surface area contributed by atoms with Crippen LogP contribution >= 0.6 is 0 Å². The first-order valence-electron chi connectivity index (χ1n) is 5.74. The van der Waals surface area contributed by atoms with E-state index in [-0.39, 0.29) is 24.7 Å². The van der Waals surface area contributed by atoms with Gasteiger partial charge in [-0.05, 0) is 18.6 Å². The minimum atomic E-state index is -0.859. The highest BCUT2D eigenvalue weighted by atomic mass is 16.4. The lowest BCUT2D eigenvalue weighted by molar-refractivity contribution is -0.137. The van der Waals surface area contributed by atoms with Gasteiger partial charge in [-0.2, -0.15) is 0 Å². The van der Waals surface area contributed by atoms with E-state index in [4.69, 9.17) is 5.11 Å². The first kappa shape index (κ1) is 11.6. The molecular formula is C13H15NO3. The number of benzene rings is 1. The maximum Gasteiger partial charge on any atom is 0.303 e. The molecule has 90 valence electrons. The summed E-state index contributed by atoms with van der Waals surface area (Å²) >= 11 is 0. The van der Waals surface area contributed by atoms with Crippen molar-refractivity contribution in [2.45, 2.75) is 25.7 Å². The Morgan fingerprint density at radius 3 is 2.82 bits per heavy atom. The highest BCUT2D eigenvalue weighted by Gasteiger charge is 2.31. The molecule has 0 aromatic heterocycles. The van der Waals surface area contributed by atoms with Crippen molar-refractivity contribution in [1.82, 2.24) is 0 Å². The van der Waals surface area contributed by atoms with Gasteiger partial charge in [-0.25, -0.2) is 0 Å². The molecule has 2 rings (SSSR count). The van der Waals surface area contributed by atoms with Crippen LogP contribution in [0.5, 0.6) is 0 Å². The van der Waals surface area contributed by atoms with Gasteiger partial charge < -0.3 is 10.0 Å². The molecule has 1 unspecified atom stereocenters. The molecule has 1 atom stereocenters. The minimum absolute atomic E-state index is 0.0115. The Morgan fingerprint density at radius 2 is 2.18 bits per heavy atom. The van der Waals surface area contributed by atoms with Gasteiger partial charge >= 0.3 is 5.97 Å². The van der Waals surface area contributed by atoms with Gasteiger partial charge in [0.15, 0.2) is 0 Å². The number of carbonyl (C=O) groups excluding carboxylic acids is 1. The normalized spacial score (nSPS) is 19.0. The molecule has 0 bridgehead atoms. The number of rotatable bonds is 3. The predicted molar refractivity (Wildman–Crippen MR) is 64.1 cm³/mol. The van der Waals surface area contributed by atoms with E-state index in [1.165, 1.54) is 0 Å². The summed E-state index contributed by atoms with van der Waals surface area (Å²) in [5, 5.41) is 8.88. The number of hydrogen-bond acceptors (Lipinski definition) is 2. The molecular weight excluding hydrogens is 218 g/mol. The molecule has 1 aliphatic rings. The van der Waals surface area contributed by atoms with E-state index < -0.39 is 5.97 Å². The molecule has 0 fully saturated rings. The Balaban J connectivity index is 2.41. The minimum Gasteiger partial charge on any atom is -0.481 e. The second-order valence-electron chi connectivity index (χ2n) is 4.20. The fourth-order valence-electron chi connectivity index (χ4n) is 2.38. The molecule has 0 aliphatic carbocycles. The van der Waals surface area contributed by atoms with Crippen molar-refractivity contribution in [2.75, 3.05) is 11.4 Å². The fourth-order valence-corrected chi connectivity index (χ4v) is 2.38. The van der Waals surface area contributed by atoms with Crippen LogP contribution in [0.4, 0.5) is 5.69 Å². The fraction of sp³-hybridized carbons (Fsp3) is 0.385. The summed E-state index contributed by atoms with van der Waals surface area (Å²) in [6, 6.07) is 7.55. The monoisotopic (exact) mass is 233 g/mol. The number of hydrogen-bond donors (Lipinski definition) is 1. The largest absolute Gasteiger partial charge is 0.481 e. The Bertz CT molecular complexity index is 456. The second kappa shape index (κ2) is 4.57. The van der Waals surface area contributed by atoms with Gasteiger partial charge in [0, 0.05) is 24.6 Å². The Labute approximate surface area is 99.9 Å². The number of nitrogens with zero attached hydrogens (tertiary/aromatic N) is 1. The number of fused-ring (bicyclic) bond motifs is 1. The molecule has 1 amide bonds. The molecule has 1 heterocycles. The van der Waals surface area contributed by atoms with Gasteiger partial charge in [-0.1, -0.05) is 18.2 Å². The van der Waals surface area contributed by atoms with Crippen LogP contribution in [0.3, 0.4) is 0 Å². The van der Waals surface area contributed by atoms with Gasteiger partial charge in [0.1, 0.15) is 0 Å². The molecule has 0 saturated heterocycles. The number of anilines is 1. The van der Waals surface area contributed by atoms with Gasteiger partial charge in [0.25, 0.3) is 0 Å². The lowest BCUT2D eigenvalue weighted by Gasteiger charge is -2.32. The third kappa shape index (κ3) is 2.16. The maximum absolute atomic E-state index is 11.9. The van der Waals surface area contributed by atoms with Gasteiger partial charge in [0.2, 0.25) is 5.91 Å². The van der Waals surface area contributed by atoms with Crippen LogP contribution in [-0.4, -0.2) is 23.5 Å². The van der Waals surface area contributed by atoms with Crippen molar-refractivity contribution >= 4 is 17.6 Å². The topological polar surface area (TPSA) is 57.6 Å². The van der Waals surface area contributed by atoms with E-state index in [1.54, 1.807) is 4.90 Å². The third-order valence-electron chi connectivity index (χ3n) is 3.13. The van der Waals surface area contributed by atoms with E-state index in [0.717, 1.165) is 11.3 Å². The van der Waals surface area contributed by atoms with Crippen LogP contribution in [-0.2, 0) is 9.59 Å². The van der Waals surface area contributed by atoms with Gasteiger partial charge in [0.05, 0.1) is 6.42 Å². The zero-order valence-corrected chi connectivity index (χ0v) is 9.72. The van der Waals surface area contributed by atoms with E-state index >= 15 is 0 Å². The molecule has 0 saturated carbocycles. The predicted octanol–water partition coefficient (Wildman–Crippen LogP) is 2.00. The lowest BCUT2D eigenvalue weighted by atomic mass is 9.87. The van der Waals surface area contributed by atoms with Crippen molar-refractivity contribution in [3.63, 3.8) is 0 Å². The quantitative estimate of drug-likeness (QED) is 0.868. The summed E-state index contributed by atoms with van der Waals surface area (Å²) in [6.45, 7) is 2.54. The van der Waals surface area contributed by atoms with Crippen molar-refractivity contribution in [1.29, 1.82) is 0 Å². The van der Waals surface area contributed by atoms with Crippen molar-refractivity contribution in [2.24, 2.45) is 0 Å². The Kier molecular flexibility index (Phi) is 3.13. The first-order chi connectivity index (χ1) is 8.13. The summed E-state index contributed by atoms with van der Waals surface area (Å²) in [7, 11) is 0. The summed E-state index contributed by atoms with van der Waals surface area (Å²) in [5.41, 5.74) is 1.83. The average molecular weight is 233 g/mol. The number of aliphatic carboxylic acids is 1. The smallest absolute Gasteiger partial charge is 0.303 e. The summed E-state index contributed by atoms with van der Waals surface area (Å²) in [4.78, 5) is 24.4. The van der Waals surface area contributed by atoms with Crippen LogP contribution in [0.15, 0.2) is 24.3 Å². The van der Waals surface area contributed by atoms with Crippen LogP contribution < -0.4 is 4.90 Å². The van der Waals surface area contributed by atoms with E-state index in [9.17, 15) is 9.59 Å². The summed E-state index contributed by atoms with van der Waals surface area (Å²) in [6.07, 6.45) is 0.303. The third-order valence-corrected chi connectivity index (χ3v) is 3.13. The molecule has 4 heteroatoms. The first-order valence-corrected chi connectivity index (χ1v) is 5.74. The molecule has 17 heavy (non-hydrogen) atoms. The Hall–Kier alpha value is -1.84. The Morgan fingerprint density at radius 1 is 1.47 bits per heavy atom. The standard InChI is InChI=1S/C13H15NO3/c1-2-14-11-6-4-3-5-10(11)9(7-12(14)15)8-13(16)17/h3-6,9H,2,7-8H2,1H3,(H,16,17). The van der Waals surface area contributed by atoms with E-state index in [1.807, 2.05) is 31.2 Å². The highest BCUT2D eigenvalue weighted by Crippen LogP contribution is 2.37. The maximum atomic E-state index is 11.9. The molecule has 1 aliphatic heterocycles. The average Bonchev–Trinajstić information content (AvgIpc) is 2.28. The zero-order chi connectivity index (χ0) is 12.4. The second-order valence-corrected chi connectivity index (χ2v) is 4.20. The van der Waals surface area contributed by atoms with Gasteiger partial charge in [-0.3, -0.25) is 9.59 Å². The van der Waals surface area contributed by atoms with Crippen LogP contribution in [0.1, 0.15) is 31.2 Å². The zero-order valence-electron chi connectivity index (χ0n) is 9.72. The number of amides is 1. The van der Waals surface area contributed by atoms with Crippen LogP contribution in [0.25, 0.3) is 0 Å². The van der Waals surface area contributed by atoms with Crippen LogP contribution in [0, 0.1) is 0 Å². The molecule has 1 aromatic rings. The van der Waals surface area contributed by atoms with Crippen molar-refractivity contribution in [3.05, 3.63) is 29.8 Å². The van der Waals surface area contributed by atoms with E-state index in [2.05, 4.69) is 0 Å². The van der Waals surface area contributed by atoms with Gasteiger partial charge in [-0.15, -0.1) is 0 Å². The molecule has 1 aromatic carbocycles. The highest BCUT2D eigenvalue weighted by molar-refractivity contribution is 5.97. The molecule has 1 N–H and O–H groups in total. The number of carboxylic acid groups (broad SMARTS) is 1. The summed E-state index contributed by atoms with van der Waals surface area (Å²) in [5.74, 6) is -1.04. The number of carboxylic acids is 1. The molecule has 0 spiro atoms. The van der Waals surface area contributed by atoms with Crippen molar-refractivity contribution < 1.29 is 14.7 Å². The summed E-state index contributed by atoms with van der Waals surface area (Å²) < 4.78 is 0. The number of carbonyl (C=O) groups is 2. The molecule has 4 nitrogen and oxygen atoms in total. The van der Waals surface area contributed by atoms with Crippen molar-refractivity contribution in [3.8, 4) is 0 Å². The SMILES string of the molecule is CCN1C(=O)CC(CC(=O)O)c2ccccc21.